The second kappa shape index (κ2) is 7.77. The van der Waals surface area contributed by atoms with Crippen LogP contribution in [0.3, 0.4) is 0 Å². The van der Waals surface area contributed by atoms with E-state index in [0.717, 1.165) is 22.4 Å². The Morgan fingerprint density at radius 1 is 1.05 bits per heavy atom. The first-order valence-corrected chi connectivity index (χ1v) is 8.13. The zero-order valence-corrected chi connectivity index (χ0v) is 15.3. The molecule has 2 nitrogen and oxygen atoms in total. The number of hydrogen-bond donors (Lipinski definition) is 1. The number of nitrogens with one attached hydrogen (secondary N) is 1. The highest BCUT2D eigenvalue weighted by Crippen LogP contribution is 2.26. The van der Waals surface area contributed by atoms with E-state index in [4.69, 9.17) is 11.6 Å². The van der Waals surface area contributed by atoms with Gasteiger partial charge in [0.1, 0.15) is 11.4 Å². The van der Waals surface area contributed by atoms with Gasteiger partial charge in [0, 0.05) is 16.0 Å². The highest BCUT2D eigenvalue weighted by Gasteiger charge is 2.17. The molecule has 3 aromatic rings. The van der Waals surface area contributed by atoms with Crippen molar-refractivity contribution in [3.63, 3.8) is 0 Å². The van der Waals surface area contributed by atoms with Gasteiger partial charge in [0.15, 0.2) is 0 Å². The fourth-order valence-corrected chi connectivity index (χ4v) is 3.39. The lowest BCUT2D eigenvalue weighted by atomic mass is 10.2. The summed E-state index contributed by atoms with van der Waals surface area (Å²) in [6.45, 7) is 3.08. The molecule has 0 aliphatic rings. The Kier molecular flexibility index (Phi) is 6.00. The van der Waals surface area contributed by atoms with Crippen LogP contribution in [0.15, 0.2) is 60.0 Å². The number of rotatable bonds is 4. The van der Waals surface area contributed by atoms with Crippen molar-refractivity contribution in [1.29, 1.82) is 0 Å². The molecule has 0 amide bonds. The van der Waals surface area contributed by atoms with Crippen molar-refractivity contribution in [3.8, 4) is 11.3 Å². The standard InChI is InChI=1S/C17H15ClN2S.BrH/c1-2-20-16(13-6-4-3-5-7-13)12-21-17(20)19-15-10-8-14(18)9-11-15;/h3-12H,2H2,1H3;1H. The van der Waals surface area contributed by atoms with E-state index < -0.39 is 0 Å². The van der Waals surface area contributed by atoms with Crippen LogP contribution >= 0.6 is 22.9 Å². The fourth-order valence-electron chi connectivity index (χ4n) is 2.25. The van der Waals surface area contributed by atoms with Crippen molar-refractivity contribution in [3.05, 3.63) is 65.0 Å². The average Bonchev–Trinajstić information content (AvgIpc) is 2.93. The van der Waals surface area contributed by atoms with E-state index in [2.05, 4.69) is 46.5 Å². The Hall–Kier alpha value is -1.36. The van der Waals surface area contributed by atoms with Gasteiger partial charge in [0.25, 0.3) is 0 Å². The Bertz CT molecular complexity index is 726. The Morgan fingerprint density at radius 3 is 2.36 bits per heavy atom. The third-order valence-corrected chi connectivity index (χ3v) is 4.44. The summed E-state index contributed by atoms with van der Waals surface area (Å²) in [7, 11) is 0. The minimum atomic E-state index is 0. The summed E-state index contributed by atoms with van der Waals surface area (Å²) in [6.07, 6.45) is 0. The summed E-state index contributed by atoms with van der Waals surface area (Å²) in [5, 5.41) is 7.53. The minimum Gasteiger partial charge on any atom is -1.00 e. The van der Waals surface area contributed by atoms with E-state index in [1.165, 1.54) is 11.3 Å². The van der Waals surface area contributed by atoms with E-state index in [0.29, 0.717) is 0 Å². The van der Waals surface area contributed by atoms with Crippen molar-refractivity contribution in [2.24, 2.45) is 0 Å². The summed E-state index contributed by atoms with van der Waals surface area (Å²) in [4.78, 5) is 0. The van der Waals surface area contributed by atoms with Gasteiger partial charge < -0.3 is 17.0 Å². The normalized spacial score (nSPS) is 10.1. The predicted octanol–water partition coefficient (Wildman–Crippen LogP) is 2.12. The Morgan fingerprint density at radius 2 is 1.73 bits per heavy atom. The van der Waals surface area contributed by atoms with Gasteiger partial charge in [-0.2, -0.15) is 0 Å². The summed E-state index contributed by atoms with van der Waals surface area (Å²) in [5.41, 5.74) is 3.52. The first-order valence-electron chi connectivity index (χ1n) is 6.87. The lowest BCUT2D eigenvalue weighted by Crippen LogP contribution is -3.00. The molecule has 0 spiro atoms. The summed E-state index contributed by atoms with van der Waals surface area (Å²) >= 11 is 7.64. The maximum Gasteiger partial charge on any atom is 0.339 e. The second-order valence-corrected chi connectivity index (χ2v) is 5.96. The number of anilines is 2. The van der Waals surface area contributed by atoms with Crippen LogP contribution in [0.5, 0.6) is 0 Å². The van der Waals surface area contributed by atoms with Crippen molar-refractivity contribution < 1.29 is 21.5 Å². The SMILES string of the molecule is CC[n+]1c(-c2ccccc2)csc1Nc1ccc(Cl)cc1.[Br-]. The van der Waals surface area contributed by atoms with Gasteiger partial charge >= 0.3 is 5.13 Å². The summed E-state index contributed by atoms with van der Waals surface area (Å²) in [6, 6.07) is 18.2. The minimum absolute atomic E-state index is 0. The van der Waals surface area contributed by atoms with Crippen molar-refractivity contribution in [1.82, 2.24) is 0 Å². The van der Waals surface area contributed by atoms with E-state index in [-0.39, 0.29) is 17.0 Å². The monoisotopic (exact) mass is 394 g/mol. The average molecular weight is 396 g/mol. The van der Waals surface area contributed by atoms with Gasteiger partial charge in [-0.05, 0) is 31.2 Å². The number of halogens is 2. The molecule has 0 unspecified atom stereocenters. The molecular weight excluding hydrogens is 380 g/mol. The summed E-state index contributed by atoms with van der Waals surface area (Å²) in [5.74, 6) is 0. The molecule has 0 saturated carbocycles. The molecule has 114 valence electrons. The molecule has 0 bridgehead atoms. The van der Waals surface area contributed by atoms with E-state index in [1.807, 2.05) is 30.3 Å². The largest absolute Gasteiger partial charge is 1.00 e. The number of hydrogen-bond acceptors (Lipinski definition) is 2. The van der Waals surface area contributed by atoms with Crippen molar-refractivity contribution in [2.75, 3.05) is 5.32 Å². The topological polar surface area (TPSA) is 15.9 Å². The van der Waals surface area contributed by atoms with Gasteiger partial charge in [0.05, 0.1) is 6.54 Å². The predicted molar refractivity (Wildman–Crippen MR) is 90.4 cm³/mol. The molecule has 0 aliphatic heterocycles. The summed E-state index contributed by atoms with van der Waals surface area (Å²) < 4.78 is 2.29. The molecule has 22 heavy (non-hydrogen) atoms. The van der Waals surface area contributed by atoms with Crippen LogP contribution in [0.25, 0.3) is 11.3 Å². The van der Waals surface area contributed by atoms with Gasteiger partial charge in [0.2, 0.25) is 0 Å². The van der Waals surface area contributed by atoms with Crippen molar-refractivity contribution >= 4 is 33.8 Å². The molecule has 0 atom stereocenters. The van der Waals surface area contributed by atoms with Gasteiger partial charge in [-0.25, -0.2) is 9.88 Å². The third kappa shape index (κ3) is 3.69. The zero-order chi connectivity index (χ0) is 14.7. The second-order valence-electron chi connectivity index (χ2n) is 4.67. The highest BCUT2D eigenvalue weighted by molar-refractivity contribution is 7.13. The molecule has 3 rings (SSSR count). The van der Waals surface area contributed by atoms with Crippen LogP contribution < -0.4 is 26.9 Å². The van der Waals surface area contributed by atoms with Crippen LogP contribution in [0.4, 0.5) is 10.8 Å². The molecule has 2 aromatic carbocycles. The molecule has 0 aliphatic carbocycles. The molecule has 1 N–H and O–H groups in total. The first kappa shape index (κ1) is 17.0. The Labute approximate surface area is 150 Å². The van der Waals surface area contributed by atoms with Crippen molar-refractivity contribution in [2.45, 2.75) is 13.5 Å². The molecule has 0 radical (unpaired) electrons. The molecule has 0 fully saturated rings. The molecule has 1 heterocycles. The zero-order valence-electron chi connectivity index (χ0n) is 12.1. The van der Waals surface area contributed by atoms with E-state index in [9.17, 15) is 0 Å². The smallest absolute Gasteiger partial charge is 0.339 e. The molecule has 0 saturated heterocycles. The number of thiazole rings is 1. The maximum absolute atomic E-state index is 5.93. The van der Waals surface area contributed by atoms with E-state index >= 15 is 0 Å². The van der Waals surface area contributed by atoms with Crippen LogP contribution in [0.1, 0.15) is 6.92 Å². The number of aromatic nitrogens is 1. The van der Waals surface area contributed by atoms with Gasteiger partial charge in [-0.1, -0.05) is 53.3 Å². The van der Waals surface area contributed by atoms with E-state index in [1.54, 1.807) is 11.3 Å². The molecular formula is C17H16BrClN2S. The van der Waals surface area contributed by atoms with Crippen LogP contribution in [0, 0.1) is 0 Å². The Balaban J connectivity index is 0.00000176. The molecule has 5 heteroatoms. The number of benzene rings is 2. The highest BCUT2D eigenvalue weighted by atomic mass is 79.9. The van der Waals surface area contributed by atoms with Gasteiger partial charge in [-0.15, -0.1) is 0 Å². The quantitative estimate of drug-likeness (QED) is 0.669. The van der Waals surface area contributed by atoms with Crippen LogP contribution in [0.2, 0.25) is 5.02 Å². The number of nitrogens with zero attached hydrogens (tertiary/aromatic N) is 1. The lowest BCUT2D eigenvalue weighted by Gasteiger charge is -2.03. The fraction of sp³-hybridized carbons (Fsp3) is 0.118. The molecule has 1 aromatic heterocycles. The van der Waals surface area contributed by atoms with Gasteiger partial charge in [-0.3, -0.25) is 0 Å². The third-order valence-electron chi connectivity index (χ3n) is 3.30. The lowest BCUT2D eigenvalue weighted by molar-refractivity contribution is -0.664. The van der Waals surface area contributed by atoms with Crippen LogP contribution in [-0.4, -0.2) is 0 Å². The van der Waals surface area contributed by atoms with Crippen LogP contribution in [-0.2, 0) is 6.54 Å². The maximum atomic E-state index is 5.93. The first-order chi connectivity index (χ1) is 10.3.